The third kappa shape index (κ3) is 6.98. The number of hydrogen-bond donors (Lipinski definition) is 3. The SMILES string of the molecule is CCn1nnc2c(N3CCOCC3)nc(-c3ccc(NC(=O)Nc4ccc(C(=O)NCCCN(C)C)cc4)cc3)nc21. The highest BCUT2D eigenvalue weighted by atomic mass is 16.5. The van der Waals surface area contributed by atoms with Gasteiger partial charge < -0.3 is 30.5 Å². The predicted octanol–water partition coefficient (Wildman–Crippen LogP) is 3.07. The predicted molar refractivity (Wildman–Crippen MR) is 162 cm³/mol. The standard InChI is InChI=1S/C29H36N10O3/c1-4-39-27-24(35-36-39)26(38-16-18-42-19-17-38)33-25(34-27)20-6-10-22(11-7-20)31-29(41)32-23-12-8-21(9-13-23)28(40)30-14-5-15-37(2)3/h6-13H,4-5,14-19H2,1-3H3,(H,30,40)(H2,31,32,41). The molecule has 0 saturated carbocycles. The number of carbonyl (C=O) groups is 2. The van der Waals surface area contributed by atoms with Crippen LogP contribution in [0.15, 0.2) is 48.5 Å². The molecule has 13 heteroatoms. The Kier molecular flexibility index (Phi) is 9.19. The van der Waals surface area contributed by atoms with Gasteiger partial charge in [-0.05, 0) is 82.5 Å². The molecule has 220 valence electrons. The first-order valence-corrected chi connectivity index (χ1v) is 14.1. The van der Waals surface area contributed by atoms with Gasteiger partial charge in [-0.1, -0.05) is 5.21 Å². The van der Waals surface area contributed by atoms with Gasteiger partial charge in [-0.3, -0.25) is 4.79 Å². The van der Waals surface area contributed by atoms with E-state index < -0.39 is 6.03 Å². The first kappa shape index (κ1) is 28.9. The Morgan fingerprint density at radius 3 is 2.26 bits per heavy atom. The van der Waals surface area contributed by atoms with Crippen LogP contribution in [0.3, 0.4) is 0 Å². The molecule has 1 aliphatic rings. The van der Waals surface area contributed by atoms with Gasteiger partial charge in [0.15, 0.2) is 22.8 Å². The van der Waals surface area contributed by atoms with E-state index in [9.17, 15) is 9.59 Å². The molecule has 2 aromatic heterocycles. The number of rotatable bonds is 10. The van der Waals surface area contributed by atoms with Crippen LogP contribution >= 0.6 is 0 Å². The third-order valence-electron chi connectivity index (χ3n) is 6.83. The fraction of sp³-hybridized carbons (Fsp3) is 0.379. The Morgan fingerprint density at radius 1 is 0.952 bits per heavy atom. The van der Waals surface area contributed by atoms with Gasteiger partial charge in [0, 0.05) is 48.7 Å². The molecule has 0 radical (unpaired) electrons. The molecule has 1 fully saturated rings. The lowest BCUT2D eigenvalue weighted by atomic mass is 10.2. The minimum Gasteiger partial charge on any atom is -0.378 e. The average Bonchev–Trinajstić information content (AvgIpc) is 3.43. The van der Waals surface area contributed by atoms with Crippen LogP contribution in [-0.4, -0.2) is 95.3 Å². The maximum atomic E-state index is 12.6. The van der Waals surface area contributed by atoms with Crippen molar-refractivity contribution in [3.05, 3.63) is 54.1 Å². The number of ether oxygens (including phenoxy) is 1. The van der Waals surface area contributed by atoms with Crippen molar-refractivity contribution in [2.45, 2.75) is 19.9 Å². The molecule has 1 saturated heterocycles. The average molecular weight is 573 g/mol. The monoisotopic (exact) mass is 572 g/mol. The molecule has 0 bridgehead atoms. The summed E-state index contributed by atoms with van der Waals surface area (Å²) in [5, 5.41) is 17.1. The van der Waals surface area contributed by atoms with Gasteiger partial charge in [0.25, 0.3) is 5.91 Å². The van der Waals surface area contributed by atoms with Crippen molar-refractivity contribution in [2.24, 2.45) is 0 Å². The fourth-order valence-electron chi connectivity index (χ4n) is 4.58. The lowest BCUT2D eigenvalue weighted by Gasteiger charge is -2.27. The summed E-state index contributed by atoms with van der Waals surface area (Å²) >= 11 is 0. The number of benzene rings is 2. The second-order valence-electron chi connectivity index (χ2n) is 10.2. The van der Waals surface area contributed by atoms with Gasteiger partial charge in [-0.15, -0.1) is 5.10 Å². The van der Waals surface area contributed by atoms with Gasteiger partial charge in [0.1, 0.15) is 0 Å². The summed E-state index contributed by atoms with van der Waals surface area (Å²) in [5.41, 5.74) is 3.88. The fourth-order valence-corrected chi connectivity index (χ4v) is 4.58. The van der Waals surface area contributed by atoms with E-state index in [1.165, 1.54) is 0 Å². The third-order valence-corrected chi connectivity index (χ3v) is 6.83. The zero-order valence-electron chi connectivity index (χ0n) is 24.1. The summed E-state index contributed by atoms with van der Waals surface area (Å²) in [5.74, 6) is 1.16. The zero-order valence-corrected chi connectivity index (χ0v) is 24.1. The summed E-state index contributed by atoms with van der Waals surface area (Å²) in [6.07, 6.45) is 0.874. The second-order valence-corrected chi connectivity index (χ2v) is 10.2. The number of urea groups is 1. The van der Waals surface area contributed by atoms with Crippen molar-refractivity contribution in [1.29, 1.82) is 0 Å². The summed E-state index contributed by atoms with van der Waals surface area (Å²) in [7, 11) is 4.00. The van der Waals surface area contributed by atoms with E-state index >= 15 is 0 Å². The minimum atomic E-state index is -0.395. The van der Waals surface area contributed by atoms with Crippen molar-refractivity contribution >= 4 is 40.3 Å². The Balaban J connectivity index is 1.22. The number of nitrogens with one attached hydrogen (secondary N) is 3. The van der Waals surface area contributed by atoms with E-state index in [-0.39, 0.29) is 5.91 Å². The number of morpholine rings is 1. The van der Waals surface area contributed by atoms with E-state index in [1.807, 2.05) is 33.2 Å². The summed E-state index contributed by atoms with van der Waals surface area (Å²) in [6, 6.07) is 13.7. The van der Waals surface area contributed by atoms with E-state index in [4.69, 9.17) is 14.7 Å². The van der Waals surface area contributed by atoms with E-state index in [0.717, 1.165) is 37.4 Å². The Labute approximate surface area is 244 Å². The molecule has 42 heavy (non-hydrogen) atoms. The molecule has 3 heterocycles. The lowest BCUT2D eigenvalue weighted by molar-refractivity contribution is 0.0952. The highest BCUT2D eigenvalue weighted by Crippen LogP contribution is 2.27. The van der Waals surface area contributed by atoms with Gasteiger partial charge in [-0.25, -0.2) is 19.4 Å². The molecule has 13 nitrogen and oxygen atoms in total. The van der Waals surface area contributed by atoms with E-state index in [2.05, 4.69) is 36.1 Å². The van der Waals surface area contributed by atoms with Gasteiger partial charge in [0.05, 0.1) is 13.2 Å². The highest BCUT2D eigenvalue weighted by Gasteiger charge is 2.21. The van der Waals surface area contributed by atoms with Crippen LogP contribution < -0.4 is 20.9 Å². The van der Waals surface area contributed by atoms with Crippen molar-refractivity contribution in [3.8, 4) is 11.4 Å². The quantitative estimate of drug-likeness (QED) is 0.244. The number of carbonyl (C=O) groups excluding carboxylic acids is 2. The number of fused-ring (bicyclic) bond motifs is 1. The molecule has 0 unspecified atom stereocenters. The summed E-state index contributed by atoms with van der Waals surface area (Å²) in [4.78, 5) is 38.8. The van der Waals surface area contributed by atoms with Crippen molar-refractivity contribution in [2.75, 3.05) is 69.0 Å². The van der Waals surface area contributed by atoms with Gasteiger partial charge >= 0.3 is 6.03 Å². The normalized spacial score (nSPS) is 13.4. The topological polar surface area (TPSA) is 142 Å². The maximum absolute atomic E-state index is 12.6. The molecule has 3 N–H and O–H groups in total. The van der Waals surface area contributed by atoms with Gasteiger partial charge in [-0.2, -0.15) is 0 Å². The molecule has 5 rings (SSSR count). The van der Waals surface area contributed by atoms with Crippen LogP contribution in [0.2, 0.25) is 0 Å². The Morgan fingerprint density at radius 2 is 1.62 bits per heavy atom. The van der Waals surface area contributed by atoms with Crippen molar-refractivity contribution < 1.29 is 14.3 Å². The molecule has 2 aromatic carbocycles. The number of anilines is 3. The number of aromatic nitrogens is 5. The lowest BCUT2D eigenvalue weighted by Crippen LogP contribution is -2.37. The van der Waals surface area contributed by atoms with E-state index in [1.54, 1.807) is 41.1 Å². The van der Waals surface area contributed by atoms with Crippen molar-refractivity contribution in [1.82, 2.24) is 35.2 Å². The highest BCUT2D eigenvalue weighted by molar-refractivity contribution is 6.00. The summed E-state index contributed by atoms with van der Waals surface area (Å²) < 4.78 is 7.27. The number of aryl methyl sites for hydroxylation is 1. The smallest absolute Gasteiger partial charge is 0.323 e. The second kappa shape index (κ2) is 13.4. The Hall–Kier alpha value is -4.62. The van der Waals surface area contributed by atoms with Crippen LogP contribution in [0.5, 0.6) is 0 Å². The van der Waals surface area contributed by atoms with Gasteiger partial charge in [0.2, 0.25) is 0 Å². The maximum Gasteiger partial charge on any atom is 0.323 e. The molecule has 0 atom stereocenters. The van der Waals surface area contributed by atoms with Crippen LogP contribution in [-0.2, 0) is 11.3 Å². The molecule has 0 spiro atoms. The van der Waals surface area contributed by atoms with Crippen molar-refractivity contribution in [3.63, 3.8) is 0 Å². The molecule has 3 amide bonds. The molecular formula is C29H36N10O3. The van der Waals surface area contributed by atoms with Crippen LogP contribution in [0.25, 0.3) is 22.6 Å². The summed E-state index contributed by atoms with van der Waals surface area (Å²) in [6.45, 7) is 6.84. The number of amides is 3. The molecular weight excluding hydrogens is 536 g/mol. The van der Waals surface area contributed by atoms with Crippen LogP contribution in [0.1, 0.15) is 23.7 Å². The van der Waals surface area contributed by atoms with Crippen LogP contribution in [0.4, 0.5) is 22.0 Å². The minimum absolute atomic E-state index is 0.138. The zero-order chi connectivity index (χ0) is 29.5. The van der Waals surface area contributed by atoms with Crippen LogP contribution in [0, 0.1) is 0 Å². The van der Waals surface area contributed by atoms with E-state index in [0.29, 0.717) is 60.2 Å². The number of nitrogens with zero attached hydrogens (tertiary/aromatic N) is 7. The molecule has 0 aliphatic carbocycles. The molecule has 4 aromatic rings. The Bertz CT molecular complexity index is 1510. The first-order valence-electron chi connectivity index (χ1n) is 14.1. The number of hydrogen-bond acceptors (Lipinski definition) is 9. The molecule has 1 aliphatic heterocycles. The first-order chi connectivity index (χ1) is 20.4. The largest absolute Gasteiger partial charge is 0.378 e.